The maximum Gasteiger partial charge on any atom is 0.573 e. The number of nitrogens with one attached hydrogen (secondary N) is 1. The molecule has 1 N–H and O–H groups in total. The summed E-state index contributed by atoms with van der Waals surface area (Å²) in [6.45, 7) is 5.72. The summed E-state index contributed by atoms with van der Waals surface area (Å²) in [4.78, 5) is 20.6. The predicted octanol–water partition coefficient (Wildman–Crippen LogP) is 3.74. The van der Waals surface area contributed by atoms with Crippen LogP contribution >= 0.6 is 0 Å². The first kappa shape index (κ1) is 19.3. The molecule has 2 heterocycles. The van der Waals surface area contributed by atoms with Gasteiger partial charge in [0.1, 0.15) is 5.75 Å². The number of hydrogen-bond acceptors (Lipinski definition) is 5. The minimum atomic E-state index is -4.83. The zero-order chi connectivity index (χ0) is 20.5. The van der Waals surface area contributed by atoms with E-state index in [1.807, 2.05) is 20.8 Å². The van der Waals surface area contributed by atoms with Crippen LogP contribution in [0.2, 0.25) is 0 Å². The van der Waals surface area contributed by atoms with E-state index in [4.69, 9.17) is 0 Å². The molecule has 0 saturated heterocycles. The van der Waals surface area contributed by atoms with Crippen molar-refractivity contribution < 1.29 is 22.7 Å². The van der Waals surface area contributed by atoms with Crippen molar-refractivity contribution in [3.8, 4) is 11.7 Å². The molecule has 3 rings (SSSR count). The molecule has 0 aliphatic rings. The SMILES string of the molecule is Cc1nn(-c2ncc(NC(=O)c3cccc(OC(F)(F)F)c3)cn2)c(C)c1C. The van der Waals surface area contributed by atoms with E-state index in [2.05, 4.69) is 25.1 Å². The van der Waals surface area contributed by atoms with E-state index in [-0.39, 0.29) is 11.3 Å². The number of nitrogens with zero attached hydrogens (tertiary/aromatic N) is 4. The first-order valence-corrected chi connectivity index (χ1v) is 8.16. The molecule has 0 aliphatic heterocycles. The van der Waals surface area contributed by atoms with Crippen LogP contribution in [0.1, 0.15) is 27.3 Å². The van der Waals surface area contributed by atoms with E-state index in [0.29, 0.717) is 5.95 Å². The van der Waals surface area contributed by atoms with Crippen molar-refractivity contribution in [1.82, 2.24) is 19.7 Å². The highest BCUT2D eigenvalue weighted by Crippen LogP contribution is 2.23. The summed E-state index contributed by atoms with van der Waals surface area (Å²) in [5.41, 5.74) is 3.08. The smallest absolute Gasteiger partial charge is 0.406 e. The second-order valence-corrected chi connectivity index (χ2v) is 6.01. The first-order valence-electron chi connectivity index (χ1n) is 8.16. The van der Waals surface area contributed by atoms with E-state index in [0.717, 1.165) is 29.1 Å². The van der Waals surface area contributed by atoms with Crippen LogP contribution in [0.25, 0.3) is 5.95 Å². The minimum absolute atomic E-state index is 0.00000295. The highest BCUT2D eigenvalue weighted by Gasteiger charge is 2.31. The Morgan fingerprint density at radius 3 is 2.39 bits per heavy atom. The minimum Gasteiger partial charge on any atom is -0.406 e. The van der Waals surface area contributed by atoms with Crippen molar-refractivity contribution in [2.45, 2.75) is 27.1 Å². The molecule has 0 fully saturated rings. The number of ether oxygens (including phenoxy) is 1. The summed E-state index contributed by atoms with van der Waals surface area (Å²) in [6, 6.07) is 4.77. The number of rotatable bonds is 4. The average Bonchev–Trinajstić information content (AvgIpc) is 2.88. The zero-order valence-electron chi connectivity index (χ0n) is 15.2. The Labute approximate surface area is 158 Å². The van der Waals surface area contributed by atoms with Crippen molar-refractivity contribution in [3.63, 3.8) is 0 Å². The van der Waals surface area contributed by atoms with Crippen LogP contribution in [0, 0.1) is 20.8 Å². The van der Waals surface area contributed by atoms with Crippen LogP contribution in [0.4, 0.5) is 18.9 Å². The van der Waals surface area contributed by atoms with Gasteiger partial charge in [-0.05, 0) is 44.5 Å². The van der Waals surface area contributed by atoms with Crippen molar-refractivity contribution in [2.75, 3.05) is 5.32 Å². The second-order valence-electron chi connectivity index (χ2n) is 6.01. The number of amides is 1. The zero-order valence-corrected chi connectivity index (χ0v) is 15.2. The van der Waals surface area contributed by atoms with E-state index < -0.39 is 18.0 Å². The molecule has 28 heavy (non-hydrogen) atoms. The number of halogens is 3. The Balaban J connectivity index is 1.74. The molecule has 0 bridgehead atoms. The fraction of sp³-hybridized carbons (Fsp3) is 0.222. The van der Waals surface area contributed by atoms with E-state index >= 15 is 0 Å². The third kappa shape index (κ3) is 4.27. The highest BCUT2D eigenvalue weighted by atomic mass is 19.4. The molecule has 0 unspecified atom stereocenters. The quantitative estimate of drug-likeness (QED) is 0.733. The van der Waals surface area contributed by atoms with Gasteiger partial charge in [0.2, 0.25) is 0 Å². The van der Waals surface area contributed by atoms with Crippen molar-refractivity contribution in [2.24, 2.45) is 0 Å². The van der Waals surface area contributed by atoms with Crippen LogP contribution in [0.15, 0.2) is 36.7 Å². The molecule has 0 saturated carbocycles. The third-order valence-electron chi connectivity index (χ3n) is 4.07. The molecule has 0 aliphatic carbocycles. The molecular formula is C18H16F3N5O2. The van der Waals surface area contributed by atoms with Gasteiger partial charge in [-0.25, -0.2) is 14.6 Å². The lowest BCUT2D eigenvalue weighted by Gasteiger charge is -2.10. The summed E-state index contributed by atoms with van der Waals surface area (Å²) in [6.07, 6.45) is -2.05. The number of carbonyl (C=O) groups is 1. The summed E-state index contributed by atoms with van der Waals surface area (Å²) in [5.74, 6) is -0.759. The van der Waals surface area contributed by atoms with E-state index in [1.165, 1.54) is 24.5 Å². The van der Waals surface area contributed by atoms with Gasteiger partial charge in [0.05, 0.1) is 23.8 Å². The van der Waals surface area contributed by atoms with E-state index in [9.17, 15) is 18.0 Å². The van der Waals surface area contributed by atoms with Gasteiger partial charge in [-0.15, -0.1) is 13.2 Å². The maximum atomic E-state index is 12.3. The lowest BCUT2D eigenvalue weighted by Crippen LogP contribution is -2.18. The number of anilines is 1. The molecule has 2 aromatic heterocycles. The van der Waals surface area contributed by atoms with Gasteiger partial charge >= 0.3 is 6.36 Å². The Bertz CT molecular complexity index is 1010. The van der Waals surface area contributed by atoms with Gasteiger partial charge in [0.25, 0.3) is 11.9 Å². The molecule has 1 amide bonds. The van der Waals surface area contributed by atoms with Gasteiger partial charge in [-0.2, -0.15) is 5.10 Å². The number of aromatic nitrogens is 4. The fourth-order valence-electron chi connectivity index (χ4n) is 2.45. The molecule has 0 spiro atoms. The topological polar surface area (TPSA) is 81.9 Å². The summed E-state index contributed by atoms with van der Waals surface area (Å²) < 4.78 is 42.3. The molecule has 0 atom stereocenters. The highest BCUT2D eigenvalue weighted by molar-refractivity contribution is 6.04. The van der Waals surface area contributed by atoms with Crippen molar-refractivity contribution >= 4 is 11.6 Å². The standard InChI is InChI=1S/C18H16F3N5O2/c1-10-11(2)25-26(12(10)3)17-22-8-14(9-23-17)24-16(27)13-5-4-6-15(7-13)28-18(19,20)21/h4-9H,1-3H3,(H,24,27). The lowest BCUT2D eigenvalue weighted by molar-refractivity contribution is -0.274. The monoisotopic (exact) mass is 391 g/mol. The maximum absolute atomic E-state index is 12.3. The Kier molecular flexibility index (Phi) is 5.04. The van der Waals surface area contributed by atoms with Gasteiger partial charge in [-0.1, -0.05) is 6.07 Å². The predicted molar refractivity (Wildman–Crippen MR) is 94.4 cm³/mol. The normalized spacial score (nSPS) is 11.4. The second kappa shape index (κ2) is 7.29. The van der Waals surface area contributed by atoms with Crippen LogP contribution < -0.4 is 10.1 Å². The summed E-state index contributed by atoms with van der Waals surface area (Å²) >= 11 is 0. The van der Waals surface area contributed by atoms with E-state index in [1.54, 1.807) is 4.68 Å². The lowest BCUT2D eigenvalue weighted by atomic mass is 10.2. The Morgan fingerprint density at radius 2 is 1.82 bits per heavy atom. The van der Waals surface area contributed by atoms with Crippen molar-refractivity contribution in [3.05, 3.63) is 59.2 Å². The molecule has 7 nitrogen and oxygen atoms in total. The van der Waals surface area contributed by atoms with Crippen LogP contribution in [0.3, 0.4) is 0 Å². The van der Waals surface area contributed by atoms with Crippen LogP contribution in [-0.2, 0) is 0 Å². The van der Waals surface area contributed by atoms with Gasteiger partial charge in [0, 0.05) is 11.3 Å². The molecule has 0 radical (unpaired) electrons. The van der Waals surface area contributed by atoms with Crippen LogP contribution in [0.5, 0.6) is 5.75 Å². The molecular weight excluding hydrogens is 375 g/mol. The van der Waals surface area contributed by atoms with Gasteiger partial charge in [0.15, 0.2) is 0 Å². The van der Waals surface area contributed by atoms with Crippen molar-refractivity contribution in [1.29, 1.82) is 0 Å². The largest absolute Gasteiger partial charge is 0.573 e. The number of aryl methyl sites for hydroxylation is 1. The number of benzene rings is 1. The molecule has 3 aromatic rings. The van der Waals surface area contributed by atoms with Crippen LogP contribution in [-0.4, -0.2) is 32.0 Å². The molecule has 10 heteroatoms. The fourth-order valence-corrected chi connectivity index (χ4v) is 2.45. The van der Waals surface area contributed by atoms with Gasteiger partial charge < -0.3 is 10.1 Å². The third-order valence-corrected chi connectivity index (χ3v) is 4.07. The number of carbonyl (C=O) groups excluding carboxylic acids is 1. The molecule has 146 valence electrons. The average molecular weight is 391 g/mol. The number of alkyl halides is 3. The first-order chi connectivity index (χ1) is 13.1. The Morgan fingerprint density at radius 1 is 1.14 bits per heavy atom. The van der Waals surface area contributed by atoms with Gasteiger partial charge in [-0.3, -0.25) is 4.79 Å². The summed E-state index contributed by atoms with van der Waals surface area (Å²) in [5, 5.41) is 6.88. The Hall–Kier alpha value is -3.43. The molecule has 1 aromatic carbocycles. The summed E-state index contributed by atoms with van der Waals surface area (Å²) in [7, 11) is 0. The number of hydrogen-bond donors (Lipinski definition) is 1.